The molecule has 0 aromatic carbocycles. The average Bonchev–Trinajstić information content (AvgIpc) is 2.12. The fourth-order valence-electron chi connectivity index (χ4n) is 3.57. The second kappa shape index (κ2) is 4.97. The number of esters is 1. The van der Waals surface area contributed by atoms with Crippen molar-refractivity contribution in [2.75, 3.05) is 6.61 Å². The van der Waals surface area contributed by atoms with Gasteiger partial charge in [0.15, 0.2) is 6.10 Å². The molecule has 0 heterocycles. The summed E-state index contributed by atoms with van der Waals surface area (Å²) in [7, 11) is 0. The van der Waals surface area contributed by atoms with Gasteiger partial charge >= 0.3 is 5.97 Å². The summed E-state index contributed by atoms with van der Waals surface area (Å²) in [5, 5.41) is 10.1. The third kappa shape index (κ3) is 3.98. The Kier molecular flexibility index (Phi) is 4.23. The number of aliphatic hydroxyl groups is 1. The zero-order valence-corrected chi connectivity index (χ0v) is 11.7. The first-order chi connectivity index (χ1) is 7.67. The van der Waals surface area contributed by atoms with Crippen LogP contribution in [0.5, 0.6) is 0 Å². The Morgan fingerprint density at radius 2 is 1.76 bits per heavy atom. The predicted octanol–water partition coefficient (Wildman–Crippen LogP) is 2.76. The lowest BCUT2D eigenvalue weighted by Crippen LogP contribution is -2.42. The molecule has 3 nitrogen and oxygen atoms in total. The van der Waals surface area contributed by atoms with E-state index in [-0.39, 0.29) is 16.7 Å². The van der Waals surface area contributed by atoms with Gasteiger partial charge in [-0.1, -0.05) is 27.7 Å². The summed E-state index contributed by atoms with van der Waals surface area (Å²) < 4.78 is 4.90. The normalized spacial score (nSPS) is 25.3. The first-order valence-corrected chi connectivity index (χ1v) is 6.51. The Labute approximate surface area is 105 Å². The maximum Gasteiger partial charge on any atom is 0.335 e. The van der Waals surface area contributed by atoms with Crippen LogP contribution in [0.3, 0.4) is 0 Å². The van der Waals surface area contributed by atoms with Crippen LogP contribution >= 0.6 is 0 Å². The first kappa shape index (κ1) is 14.5. The van der Waals surface area contributed by atoms with E-state index in [1.54, 1.807) is 6.92 Å². The third-order valence-corrected chi connectivity index (χ3v) is 3.56. The van der Waals surface area contributed by atoms with E-state index in [1.165, 1.54) is 0 Å². The molecule has 0 amide bonds. The molecule has 3 heteroatoms. The maximum absolute atomic E-state index is 11.6. The number of hydrogen-bond donors (Lipinski definition) is 1. The highest BCUT2D eigenvalue weighted by molar-refractivity contribution is 5.74. The standard InChI is InChI=1S/C14H26O3/c1-6-17-12(16)11(15)10-7-13(2,3)9-14(4,5)8-10/h10-11,15H,6-9H2,1-5H3. The van der Waals surface area contributed by atoms with Gasteiger partial charge < -0.3 is 9.84 Å². The van der Waals surface area contributed by atoms with E-state index in [0.717, 1.165) is 19.3 Å². The monoisotopic (exact) mass is 242 g/mol. The molecule has 17 heavy (non-hydrogen) atoms. The second-order valence-electron chi connectivity index (χ2n) is 6.87. The topological polar surface area (TPSA) is 46.5 Å². The smallest absolute Gasteiger partial charge is 0.335 e. The largest absolute Gasteiger partial charge is 0.464 e. The van der Waals surface area contributed by atoms with E-state index in [4.69, 9.17) is 4.74 Å². The molecule has 1 rings (SSSR count). The number of aliphatic hydroxyl groups excluding tert-OH is 1. The van der Waals surface area contributed by atoms with Crippen LogP contribution in [0.25, 0.3) is 0 Å². The van der Waals surface area contributed by atoms with Crippen molar-refractivity contribution < 1.29 is 14.6 Å². The van der Waals surface area contributed by atoms with Crippen molar-refractivity contribution >= 4 is 5.97 Å². The van der Waals surface area contributed by atoms with Crippen LogP contribution in [0.1, 0.15) is 53.9 Å². The van der Waals surface area contributed by atoms with Crippen molar-refractivity contribution in [2.45, 2.75) is 60.0 Å². The fourth-order valence-corrected chi connectivity index (χ4v) is 3.57. The molecule has 1 fully saturated rings. The van der Waals surface area contributed by atoms with Crippen molar-refractivity contribution in [1.29, 1.82) is 0 Å². The molecular weight excluding hydrogens is 216 g/mol. The summed E-state index contributed by atoms with van der Waals surface area (Å²) in [6, 6.07) is 0. The van der Waals surface area contributed by atoms with Crippen LogP contribution in [0.15, 0.2) is 0 Å². The highest BCUT2D eigenvalue weighted by Crippen LogP contribution is 2.49. The first-order valence-electron chi connectivity index (χ1n) is 6.51. The molecule has 0 spiro atoms. The Hall–Kier alpha value is -0.570. The van der Waals surface area contributed by atoms with E-state index in [9.17, 15) is 9.90 Å². The second-order valence-corrected chi connectivity index (χ2v) is 6.87. The van der Waals surface area contributed by atoms with E-state index in [2.05, 4.69) is 27.7 Å². The van der Waals surface area contributed by atoms with Crippen molar-refractivity contribution in [3.05, 3.63) is 0 Å². The van der Waals surface area contributed by atoms with Crippen molar-refractivity contribution in [1.82, 2.24) is 0 Å². The molecule has 0 aliphatic heterocycles. The number of carbonyl (C=O) groups is 1. The van der Waals surface area contributed by atoms with Gasteiger partial charge in [0.25, 0.3) is 0 Å². The lowest BCUT2D eigenvalue weighted by molar-refractivity contribution is -0.159. The van der Waals surface area contributed by atoms with E-state index >= 15 is 0 Å². The summed E-state index contributed by atoms with van der Waals surface area (Å²) in [4.78, 5) is 11.6. The van der Waals surface area contributed by atoms with E-state index in [0.29, 0.717) is 6.61 Å². The third-order valence-electron chi connectivity index (χ3n) is 3.56. The zero-order valence-electron chi connectivity index (χ0n) is 11.7. The van der Waals surface area contributed by atoms with Crippen molar-refractivity contribution in [3.8, 4) is 0 Å². The van der Waals surface area contributed by atoms with Gasteiger partial charge in [-0.15, -0.1) is 0 Å². The number of ether oxygens (including phenoxy) is 1. The molecule has 1 unspecified atom stereocenters. The van der Waals surface area contributed by atoms with Crippen LogP contribution in [0, 0.1) is 16.7 Å². The van der Waals surface area contributed by atoms with E-state index in [1.807, 2.05) is 0 Å². The molecular formula is C14H26O3. The fraction of sp³-hybridized carbons (Fsp3) is 0.929. The molecule has 0 aromatic rings. The van der Waals surface area contributed by atoms with Crippen LogP contribution < -0.4 is 0 Å². The Morgan fingerprint density at radius 1 is 1.29 bits per heavy atom. The van der Waals surface area contributed by atoms with Gasteiger partial charge in [-0.05, 0) is 42.9 Å². The minimum absolute atomic E-state index is 0.0211. The van der Waals surface area contributed by atoms with Crippen molar-refractivity contribution in [2.24, 2.45) is 16.7 Å². The van der Waals surface area contributed by atoms with Crippen LogP contribution in [-0.2, 0) is 9.53 Å². The summed E-state index contributed by atoms with van der Waals surface area (Å²) in [5.74, 6) is -0.446. The van der Waals surface area contributed by atoms with Crippen molar-refractivity contribution in [3.63, 3.8) is 0 Å². The molecule has 0 radical (unpaired) electrons. The Balaban J connectivity index is 2.73. The minimum atomic E-state index is -0.964. The minimum Gasteiger partial charge on any atom is -0.464 e. The molecule has 100 valence electrons. The summed E-state index contributed by atoms with van der Waals surface area (Å²) in [5.41, 5.74) is 0.361. The molecule has 1 N–H and O–H groups in total. The van der Waals surface area contributed by atoms with Crippen LogP contribution in [0.2, 0.25) is 0 Å². The Morgan fingerprint density at radius 3 is 2.18 bits per heavy atom. The highest BCUT2D eigenvalue weighted by atomic mass is 16.5. The molecule has 1 aliphatic rings. The average molecular weight is 242 g/mol. The van der Waals surface area contributed by atoms with Gasteiger partial charge in [-0.25, -0.2) is 4.79 Å². The lowest BCUT2D eigenvalue weighted by atomic mass is 9.60. The van der Waals surface area contributed by atoms with Gasteiger partial charge in [-0.2, -0.15) is 0 Å². The lowest BCUT2D eigenvalue weighted by Gasteiger charge is -2.45. The molecule has 1 saturated carbocycles. The Bertz CT molecular complexity index is 265. The van der Waals surface area contributed by atoms with Gasteiger partial charge in [0, 0.05) is 0 Å². The molecule has 1 aliphatic carbocycles. The number of hydrogen-bond acceptors (Lipinski definition) is 3. The molecule has 0 aromatic heterocycles. The zero-order chi connectivity index (χ0) is 13.3. The maximum atomic E-state index is 11.6. The summed E-state index contributed by atoms with van der Waals surface area (Å²) >= 11 is 0. The predicted molar refractivity (Wildman–Crippen MR) is 67.5 cm³/mol. The highest BCUT2D eigenvalue weighted by Gasteiger charge is 2.42. The van der Waals surface area contributed by atoms with Crippen LogP contribution in [-0.4, -0.2) is 23.8 Å². The molecule has 0 bridgehead atoms. The van der Waals surface area contributed by atoms with Gasteiger partial charge in [-0.3, -0.25) is 0 Å². The number of carbonyl (C=O) groups excluding carboxylic acids is 1. The van der Waals surface area contributed by atoms with Gasteiger partial charge in [0.2, 0.25) is 0 Å². The van der Waals surface area contributed by atoms with Gasteiger partial charge in [0.05, 0.1) is 6.61 Å². The number of rotatable bonds is 3. The molecule has 0 saturated heterocycles. The summed E-state index contributed by atoms with van der Waals surface area (Å²) in [6.45, 7) is 10.9. The summed E-state index contributed by atoms with van der Waals surface area (Å²) in [6.07, 6.45) is 1.94. The van der Waals surface area contributed by atoms with Gasteiger partial charge in [0.1, 0.15) is 0 Å². The quantitative estimate of drug-likeness (QED) is 0.774. The van der Waals surface area contributed by atoms with Crippen LogP contribution in [0.4, 0.5) is 0 Å². The molecule has 1 atom stereocenters. The van der Waals surface area contributed by atoms with E-state index < -0.39 is 12.1 Å². The SMILES string of the molecule is CCOC(=O)C(O)C1CC(C)(C)CC(C)(C)C1.